The molecule has 23 heavy (non-hydrogen) atoms. The van der Waals surface area contributed by atoms with E-state index < -0.39 is 0 Å². The Hall–Kier alpha value is -2.01. The normalized spacial score (nSPS) is 16.5. The van der Waals surface area contributed by atoms with Crippen LogP contribution in [0.15, 0.2) is 28.8 Å². The van der Waals surface area contributed by atoms with E-state index in [2.05, 4.69) is 10.1 Å². The van der Waals surface area contributed by atoms with Gasteiger partial charge < -0.3 is 14.0 Å². The number of rotatable bonds is 5. The van der Waals surface area contributed by atoms with Crippen molar-refractivity contribution < 1.29 is 14.0 Å². The lowest BCUT2D eigenvalue weighted by Gasteiger charge is -2.32. The molecule has 2 aromatic rings. The van der Waals surface area contributed by atoms with Crippen LogP contribution in [0, 0.1) is 13.8 Å². The maximum atomic E-state index is 6.07. The number of benzene rings is 1. The van der Waals surface area contributed by atoms with Crippen molar-refractivity contribution >= 4 is 0 Å². The molecule has 0 unspecified atom stereocenters. The Kier molecular flexibility index (Phi) is 4.86. The average Bonchev–Trinajstić information content (AvgIpc) is 2.89. The molecule has 0 amide bonds. The molecule has 5 heteroatoms. The van der Waals surface area contributed by atoms with E-state index >= 15 is 0 Å². The third kappa shape index (κ3) is 3.85. The molecular formula is C18H24N2O3. The van der Waals surface area contributed by atoms with Crippen LogP contribution in [0.5, 0.6) is 11.5 Å². The zero-order valence-corrected chi connectivity index (χ0v) is 14.0. The van der Waals surface area contributed by atoms with Crippen LogP contribution in [0.25, 0.3) is 0 Å². The van der Waals surface area contributed by atoms with Crippen LogP contribution in [-0.2, 0) is 6.54 Å². The summed E-state index contributed by atoms with van der Waals surface area (Å²) in [7, 11) is 1.67. The van der Waals surface area contributed by atoms with Crippen molar-refractivity contribution in [3.05, 3.63) is 41.3 Å². The second-order valence-corrected chi connectivity index (χ2v) is 6.07. The lowest BCUT2D eigenvalue weighted by atomic mass is 10.1. The van der Waals surface area contributed by atoms with Gasteiger partial charge in [-0.25, -0.2) is 0 Å². The summed E-state index contributed by atoms with van der Waals surface area (Å²) in [5.41, 5.74) is 2.22. The van der Waals surface area contributed by atoms with E-state index in [1.54, 1.807) is 7.11 Å². The van der Waals surface area contributed by atoms with Crippen LogP contribution in [0.2, 0.25) is 0 Å². The molecule has 5 nitrogen and oxygen atoms in total. The number of methoxy groups -OCH3 is 1. The number of piperidine rings is 1. The summed E-state index contributed by atoms with van der Waals surface area (Å²) in [4.78, 5) is 2.44. The molecule has 0 radical (unpaired) electrons. The number of ether oxygens (including phenoxy) is 2. The SMILES string of the molecule is COc1ccc(OC2CCN(Cc3c(C)noc3C)CC2)cc1. The molecule has 124 valence electrons. The Morgan fingerprint density at radius 1 is 1.13 bits per heavy atom. The zero-order chi connectivity index (χ0) is 16.2. The molecule has 0 N–H and O–H groups in total. The van der Waals surface area contributed by atoms with Crippen LogP contribution in [0.1, 0.15) is 29.9 Å². The molecule has 1 saturated heterocycles. The topological polar surface area (TPSA) is 47.7 Å². The lowest BCUT2D eigenvalue weighted by Crippen LogP contribution is -2.38. The molecule has 1 fully saturated rings. The highest BCUT2D eigenvalue weighted by Gasteiger charge is 2.22. The lowest BCUT2D eigenvalue weighted by molar-refractivity contribution is 0.0964. The van der Waals surface area contributed by atoms with Crippen LogP contribution in [0.3, 0.4) is 0 Å². The van der Waals surface area contributed by atoms with Gasteiger partial charge in [-0.1, -0.05) is 5.16 Å². The van der Waals surface area contributed by atoms with Gasteiger partial charge in [0.05, 0.1) is 12.8 Å². The van der Waals surface area contributed by atoms with Gasteiger partial charge in [0.2, 0.25) is 0 Å². The fourth-order valence-electron chi connectivity index (χ4n) is 2.98. The van der Waals surface area contributed by atoms with Gasteiger partial charge in [0, 0.05) is 25.2 Å². The molecule has 0 spiro atoms. The molecule has 1 aromatic carbocycles. The predicted molar refractivity (Wildman–Crippen MR) is 87.9 cm³/mol. The van der Waals surface area contributed by atoms with Gasteiger partial charge >= 0.3 is 0 Å². The summed E-state index contributed by atoms with van der Waals surface area (Å²) in [6.07, 6.45) is 2.36. The number of hydrogen-bond acceptors (Lipinski definition) is 5. The molecule has 0 bridgehead atoms. The third-order valence-electron chi connectivity index (χ3n) is 4.46. The Morgan fingerprint density at radius 2 is 1.78 bits per heavy atom. The van der Waals surface area contributed by atoms with Crippen molar-refractivity contribution in [3.8, 4) is 11.5 Å². The highest BCUT2D eigenvalue weighted by atomic mass is 16.5. The van der Waals surface area contributed by atoms with Crippen molar-refractivity contribution in [2.24, 2.45) is 0 Å². The number of nitrogens with zero attached hydrogens (tertiary/aromatic N) is 2. The quantitative estimate of drug-likeness (QED) is 0.846. The van der Waals surface area contributed by atoms with Crippen molar-refractivity contribution in [1.29, 1.82) is 0 Å². The Balaban J connectivity index is 1.50. The second kappa shape index (κ2) is 7.04. The zero-order valence-electron chi connectivity index (χ0n) is 14.0. The second-order valence-electron chi connectivity index (χ2n) is 6.07. The minimum atomic E-state index is 0.282. The van der Waals surface area contributed by atoms with Crippen LogP contribution < -0.4 is 9.47 Å². The molecule has 0 aliphatic carbocycles. The number of aryl methyl sites for hydroxylation is 2. The van der Waals surface area contributed by atoms with E-state index in [4.69, 9.17) is 14.0 Å². The minimum Gasteiger partial charge on any atom is -0.497 e. The number of likely N-dealkylation sites (tertiary alicyclic amines) is 1. The van der Waals surface area contributed by atoms with Crippen LogP contribution in [-0.4, -0.2) is 36.4 Å². The monoisotopic (exact) mass is 316 g/mol. The van der Waals surface area contributed by atoms with Gasteiger partial charge in [0.1, 0.15) is 23.4 Å². The van der Waals surface area contributed by atoms with E-state index in [0.717, 1.165) is 55.4 Å². The standard InChI is InChI=1S/C18H24N2O3/c1-13-18(14(2)23-19-13)12-20-10-8-17(9-11-20)22-16-6-4-15(21-3)5-7-16/h4-7,17H,8-12H2,1-3H3. The van der Waals surface area contributed by atoms with Crippen LogP contribution in [0.4, 0.5) is 0 Å². The van der Waals surface area contributed by atoms with E-state index in [0.29, 0.717) is 0 Å². The molecule has 0 saturated carbocycles. The number of aromatic nitrogens is 1. The molecule has 1 aromatic heterocycles. The third-order valence-corrected chi connectivity index (χ3v) is 4.46. The maximum Gasteiger partial charge on any atom is 0.138 e. The highest BCUT2D eigenvalue weighted by molar-refractivity contribution is 5.31. The van der Waals surface area contributed by atoms with Crippen molar-refractivity contribution in [2.45, 2.75) is 39.3 Å². The Morgan fingerprint density at radius 3 is 2.35 bits per heavy atom. The predicted octanol–water partition coefficient (Wildman–Crippen LogP) is 3.34. The summed E-state index contributed by atoms with van der Waals surface area (Å²) < 4.78 is 16.5. The maximum absolute atomic E-state index is 6.07. The largest absolute Gasteiger partial charge is 0.497 e. The first-order chi connectivity index (χ1) is 11.2. The first-order valence-corrected chi connectivity index (χ1v) is 8.10. The summed E-state index contributed by atoms with van der Waals surface area (Å²) in [6, 6.07) is 7.80. The molecule has 3 rings (SSSR count). The highest BCUT2D eigenvalue weighted by Crippen LogP contribution is 2.23. The van der Waals surface area contributed by atoms with Gasteiger partial charge in [0.25, 0.3) is 0 Å². The summed E-state index contributed by atoms with van der Waals surface area (Å²) in [5, 5.41) is 4.03. The summed E-state index contributed by atoms with van der Waals surface area (Å²) in [6.45, 7) is 6.96. The molecular weight excluding hydrogens is 292 g/mol. The average molecular weight is 316 g/mol. The van der Waals surface area contributed by atoms with Crippen molar-refractivity contribution in [2.75, 3.05) is 20.2 Å². The summed E-state index contributed by atoms with van der Waals surface area (Å²) >= 11 is 0. The van der Waals surface area contributed by atoms with E-state index in [9.17, 15) is 0 Å². The van der Waals surface area contributed by atoms with Gasteiger partial charge in [-0.05, 0) is 51.0 Å². The Labute approximate surface area is 137 Å². The fourth-order valence-corrected chi connectivity index (χ4v) is 2.98. The van der Waals surface area contributed by atoms with Crippen LogP contribution >= 0.6 is 0 Å². The van der Waals surface area contributed by atoms with E-state index in [1.165, 1.54) is 5.56 Å². The molecule has 1 aliphatic heterocycles. The minimum absolute atomic E-state index is 0.282. The van der Waals surface area contributed by atoms with Crippen molar-refractivity contribution in [3.63, 3.8) is 0 Å². The van der Waals surface area contributed by atoms with Gasteiger partial charge in [0.15, 0.2) is 0 Å². The first kappa shape index (κ1) is 15.9. The van der Waals surface area contributed by atoms with E-state index in [-0.39, 0.29) is 6.10 Å². The molecule has 2 heterocycles. The van der Waals surface area contributed by atoms with Crippen molar-refractivity contribution in [1.82, 2.24) is 10.1 Å². The summed E-state index contributed by atoms with van der Waals surface area (Å²) in [5.74, 6) is 2.70. The first-order valence-electron chi connectivity index (χ1n) is 8.10. The Bertz CT molecular complexity index is 609. The van der Waals surface area contributed by atoms with Gasteiger partial charge in [-0.3, -0.25) is 4.90 Å². The number of hydrogen-bond donors (Lipinski definition) is 0. The van der Waals surface area contributed by atoms with E-state index in [1.807, 2.05) is 38.1 Å². The molecule has 1 aliphatic rings. The van der Waals surface area contributed by atoms with Gasteiger partial charge in [-0.2, -0.15) is 0 Å². The van der Waals surface area contributed by atoms with Gasteiger partial charge in [-0.15, -0.1) is 0 Å². The smallest absolute Gasteiger partial charge is 0.138 e. The fraction of sp³-hybridized carbons (Fsp3) is 0.500. The molecule has 0 atom stereocenters.